The molecule has 0 bridgehead atoms. The maximum atomic E-state index is 13.8. The Labute approximate surface area is 242 Å². The van der Waals surface area contributed by atoms with Gasteiger partial charge in [0.2, 0.25) is 0 Å². The first-order chi connectivity index (χ1) is 19.2. The molecule has 1 atom stereocenters. The molecule has 0 saturated heterocycles. The van der Waals surface area contributed by atoms with Gasteiger partial charge < -0.3 is 13.9 Å². The lowest BCUT2D eigenvalue weighted by molar-refractivity contribution is -0.139. The zero-order valence-corrected chi connectivity index (χ0v) is 23.9. The van der Waals surface area contributed by atoms with E-state index >= 15 is 0 Å². The average Bonchev–Trinajstić information content (AvgIpc) is 3.53. The van der Waals surface area contributed by atoms with Crippen LogP contribution in [0.3, 0.4) is 0 Å². The van der Waals surface area contributed by atoms with E-state index in [9.17, 15) is 14.4 Å². The Morgan fingerprint density at radius 2 is 1.82 bits per heavy atom. The number of aromatic nitrogens is 1. The fourth-order valence-electron chi connectivity index (χ4n) is 4.39. The molecule has 0 saturated carbocycles. The summed E-state index contributed by atoms with van der Waals surface area (Å²) in [6.07, 6.45) is 1.63. The Balaban J connectivity index is 1.62. The van der Waals surface area contributed by atoms with Gasteiger partial charge >= 0.3 is 11.9 Å². The second-order valence-corrected chi connectivity index (χ2v) is 10.6. The molecule has 40 heavy (non-hydrogen) atoms. The molecule has 0 radical (unpaired) electrons. The van der Waals surface area contributed by atoms with Gasteiger partial charge in [0.05, 0.1) is 51.2 Å². The summed E-state index contributed by atoms with van der Waals surface area (Å²) in [5.74, 6) is -0.0582. The number of esters is 2. The Morgan fingerprint density at radius 1 is 1.07 bits per heavy atom. The Morgan fingerprint density at radius 3 is 2.50 bits per heavy atom. The number of halogens is 2. The van der Waals surface area contributed by atoms with E-state index in [4.69, 9.17) is 37.1 Å². The SMILES string of the molecule is CCOC(=O)C1=C(C)N=c2sc(=Cc3ccc(-c4ccc(Cl)c(Cl)c4)o3)c(=O)n2C1c1ccc(C(=O)OC)cc1. The second kappa shape index (κ2) is 11.3. The van der Waals surface area contributed by atoms with Gasteiger partial charge in [-0.3, -0.25) is 9.36 Å². The van der Waals surface area contributed by atoms with Crippen LogP contribution in [0.5, 0.6) is 0 Å². The zero-order valence-electron chi connectivity index (χ0n) is 21.6. The third-order valence-electron chi connectivity index (χ3n) is 6.27. The maximum absolute atomic E-state index is 13.8. The molecule has 1 aliphatic rings. The van der Waals surface area contributed by atoms with E-state index < -0.39 is 18.0 Å². The number of hydrogen-bond donors (Lipinski definition) is 0. The highest BCUT2D eigenvalue weighted by Gasteiger charge is 2.33. The minimum Gasteiger partial charge on any atom is -0.465 e. The van der Waals surface area contributed by atoms with Gasteiger partial charge in [-0.2, -0.15) is 0 Å². The highest BCUT2D eigenvalue weighted by molar-refractivity contribution is 7.07. The van der Waals surface area contributed by atoms with Crippen LogP contribution < -0.4 is 14.9 Å². The number of thiazole rings is 1. The van der Waals surface area contributed by atoms with E-state index in [0.29, 0.717) is 47.7 Å². The first kappa shape index (κ1) is 27.6. The Bertz CT molecular complexity index is 1850. The van der Waals surface area contributed by atoms with Crippen molar-refractivity contribution >= 4 is 52.6 Å². The summed E-state index contributed by atoms with van der Waals surface area (Å²) < 4.78 is 17.9. The van der Waals surface area contributed by atoms with E-state index in [1.807, 2.05) is 0 Å². The molecule has 11 heteroatoms. The van der Waals surface area contributed by atoms with E-state index in [-0.39, 0.29) is 17.7 Å². The van der Waals surface area contributed by atoms with E-state index in [1.165, 1.54) is 23.0 Å². The molecule has 8 nitrogen and oxygen atoms in total. The molecule has 3 heterocycles. The van der Waals surface area contributed by atoms with Gasteiger partial charge in [0.15, 0.2) is 4.80 Å². The number of benzene rings is 2. The van der Waals surface area contributed by atoms with Crippen LogP contribution in [0.2, 0.25) is 10.0 Å². The molecular weight excluding hydrogens is 575 g/mol. The zero-order chi connectivity index (χ0) is 28.6. The van der Waals surface area contributed by atoms with Crippen molar-refractivity contribution in [1.29, 1.82) is 0 Å². The van der Waals surface area contributed by atoms with Crippen LogP contribution in [0.1, 0.15) is 41.6 Å². The van der Waals surface area contributed by atoms with E-state index in [2.05, 4.69) is 4.99 Å². The smallest absolute Gasteiger partial charge is 0.338 e. The highest BCUT2D eigenvalue weighted by Crippen LogP contribution is 2.32. The summed E-state index contributed by atoms with van der Waals surface area (Å²) in [6, 6.07) is 14.4. The normalized spacial score (nSPS) is 15.0. The Hall–Kier alpha value is -3.92. The van der Waals surface area contributed by atoms with Crippen molar-refractivity contribution in [3.05, 3.63) is 112 Å². The second-order valence-electron chi connectivity index (χ2n) is 8.75. The summed E-state index contributed by atoms with van der Waals surface area (Å²) in [5, 5.41) is 0.836. The van der Waals surface area contributed by atoms with Crippen molar-refractivity contribution in [2.24, 2.45) is 4.99 Å². The molecule has 0 spiro atoms. The van der Waals surface area contributed by atoms with Crippen molar-refractivity contribution in [2.45, 2.75) is 19.9 Å². The number of hydrogen-bond acceptors (Lipinski definition) is 8. The van der Waals surface area contributed by atoms with Crippen LogP contribution in [0.4, 0.5) is 0 Å². The van der Waals surface area contributed by atoms with Crippen LogP contribution in [0, 0.1) is 0 Å². The summed E-state index contributed by atoms with van der Waals surface area (Å²) in [4.78, 5) is 43.8. The van der Waals surface area contributed by atoms with Gasteiger partial charge in [0.1, 0.15) is 11.5 Å². The van der Waals surface area contributed by atoms with Crippen LogP contribution in [-0.2, 0) is 14.3 Å². The molecule has 0 fully saturated rings. The quantitative estimate of drug-likeness (QED) is 0.285. The van der Waals surface area contributed by atoms with Crippen LogP contribution >= 0.6 is 34.5 Å². The van der Waals surface area contributed by atoms with Crippen molar-refractivity contribution in [3.8, 4) is 11.3 Å². The Kier molecular flexibility index (Phi) is 7.80. The molecule has 2 aromatic carbocycles. The van der Waals surface area contributed by atoms with Gasteiger partial charge in [-0.1, -0.05) is 46.7 Å². The third kappa shape index (κ3) is 5.15. The number of methoxy groups -OCH3 is 1. The number of nitrogens with zero attached hydrogens (tertiary/aromatic N) is 2. The lowest BCUT2D eigenvalue weighted by Gasteiger charge is -2.24. The standard InChI is InChI=1S/C29H22Cl2N2O6S/c1-4-38-28(36)24-15(2)32-29-33(25(24)16-5-7-17(8-6-16)27(35)37-3)26(34)23(40-29)14-19-10-12-22(39-19)18-9-11-20(30)21(31)13-18/h5-14,25H,4H2,1-3H3. The molecule has 4 aromatic rings. The summed E-state index contributed by atoms with van der Waals surface area (Å²) >= 11 is 13.3. The molecule has 0 aliphatic carbocycles. The topological polar surface area (TPSA) is 100 Å². The van der Waals surface area contributed by atoms with Crippen LogP contribution in [0.15, 0.2) is 80.1 Å². The molecule has 2 aromatic heterocycles. The van der Waals surface area contributed by atoms with Crippen LogP contribution in [-0.4, -0.2) is 30.2 Å². The highest BCUT2D eigenvalue weighted by atomic mass is 35.5. The number of ether oxygens (including phenoxy) is 2. The summed E-state index contributed by atoms with van der Waals surface area (Å²) in [6.45, 7) is 3.57. The molecule has 5 rings (SSSR count). The number of allylic oxidation sites excluding steroid dienone is 1. The number of fused-ring (bicyclic) bond motifs is 1. The van der Waals surface area contributed by atoms with Gasteiger partial charge in [-0.25, -0.2) is 14.6 Å². The maximum Gasteiger partial charge on any atom is 0.338 e. The van der Waals surface area contributed by atoms with Gasteiger partial charge in [0.25, 0.3) is 5.56 Å². The molecule has 1 aliphatic heterocycles. The average molecular weight is 597 g/mol. The van der Waals surface area contributed by atoms with Crippen LogP contribution in [0.25, 0.3) is 17.4 Å². The third-order valence-corrected chi connectivity index (χ3v) is 7.99. The van der Waals surface area contributed by atoms with Gasteiger partial charge in [0, 0.05) is 11.6 Å². The van der Waals surface area contributed by atoms with E-state index in [1.54, 1.807) is 74.5 Å². The molecule has 1 unspecified atom stereocenters. The van der Waals surface area contributed by atoms with Crippen molar-refractivity contribution in [2.75, 3.05) is 13.7 Å². The van der Waals surface area contributed by atoms with Gasteiger partial charge in [-0.15, -0.1) is 0 Å². The number of furan rings is 1. The number of rotatable bonds is 6. The summed E-state index contributed by atoms with van der Waals surface area (Å²) in [5.41, 5.74) is 2.01. The predicted octanol–water partition coefficient (Wildman–Crippen LogP) is 5.15. The summed E-state index contributed by atoms with van der Waals surface area (Å²) in [7, 11) is 1.30. The van der Waals surface area contributed by atoms with Crippen molar-refractivity contribution < 1.29 is 23.5 Å². The first-order valence-electron chi connectivity index (χ1n) is 12.1. The minimum atomic E-state index is -0.812. The predicted molar refractivity (Wildman–Crippen MR) is 152 cm³/mol. The van der Waals surface area contributed by atoms with Crippen molar-refractivity contribution in [3.63, 3.8) is 0 Å². The fourth-order valence-corrected chi connectivity index (χ4v) is 5.72. The molecular formula is C29H22Cl2N2O6S. The van der Waals surface area contributed by atoms with E-state index in [0.717, 1.165) is 5.56 Å². The molecule has 204 valence electrons. The largest absolute Gasteiger partial charge is 0.465 e. The lowest BCUT2D eigenvalue weighted by Crippen LogP contribution is -2.39. The molecule has 0 amide bonds. The number of carbonyl (C=O) groups is 2. The monoisotopic (exact) mass is 596 g/mol. The lowest BCUT2D eigenvalue weighted by atomic mass is 9.95. The van der Waals surface area contributed by atoms with Gasteiger partial charge in [-0.05, 0) is 61.9 Å². The first-order valence-corrected chi connectivity index (χ1v) is 13.7. The fraction of sp³-hybridized carbons (Fsp3) is 0.172. The molecule has 0 N–H and O–H groups in total. The number of carbonyl (C=O) groups excluding carboxylic acids is 2. The minimum absolute atomic E-state index is 0.160. The van der Waals surface area contributed by atoms with Crippen molar-refractivity contribution in [1.82, 2.24) is 4.57 Å².